The molecule has 3 N–H and O–H groups in total. The number of nitriles is 1. The molecule has 1 aliphatic heterocycles. The van der Waals surface area contributed by atoms with Gasteiger partial charge in [0.2, 0.25) is 16.9 Å². The molecule has 9 nitrogen and oxygen atoms in total. The van der Waals surface area contributed by atoms with Crippen LogP contribution in [0.25, 0.3) is 22.8 Å². The Bertz CT molecular complexity index is 1550. The van der Waals surface area contributed by atoms with E-state index in [4.69, 9.17) is 4.42 Å². The molecular weight excluding hydrogens is 583 g/mol. The molecule has 3 fully saturated rings. The van der Waals surface area contributed by atoms with Crippen molar-refractivity contribution in [3.8, 4) is 28.9 Å². The molecule has 2 aromatic heterocycles. The van der Waals surface area contributed by atoms with E-state index in [1.807, 2.05) is 4.90 Å². The molecule has 2 atom stereocenters. The number of nitrogens with zero attached hydrogens (tertiary/aromatic N) is 4. The third-order valence-corrected chi connectivity index (χ3v) is 9.31. The van der Waals surface area contributed by atoms with Crippen LogP contribution in [0, 0.1) is 17.2 Å². The van der Waals surface area contributed by atoms with E-state index < -0.39 is 39.9 Å². The van der Waals surface area contributed by atoms with Crippen molar-refractivity contribution in [1.82, 2.24) is 15.3 Å². The fourth-order valence-corrected chi connectivity index (χ4v) is 6.80. The molecule has 43 heavy (non-hydrogen) atoms. The minimum atomic E-state index is -4.69. The number of thioether (sulfide) groups is 1. The van der Waals surface area contributed by atoms with Crippen molar-refractivity contribution in [3.05, 3.63) is 53.9 Å². The minimum absolute atomic E-state index is 0.0132. The Balaban J connectivity index is 1.40. The van der Waals surface area contributed by atoms with Gasteiger partial charge in [0.05, 0.1) is 18.2 Å². The van der Waals surface area contributed by atoms with Gasteiger partial charge in [0, 0.05) is 41.6 Å². The van der Waals surface area contributed by atoms with E-state index in [2.05, 4.69) is 21.4 Å². The first-order chi connectivity index (χ1) is 20.5. The molecule has 2 saturated carbocycles. The Labute approximate surface area is 250 Å². The van der Waals surface area contributed by atoms with Crippen LogP contribution in [0.5, 0.6) is 0 Å². The molecule has 226 valence electrons. The molecule has 6 rings (SSSR count). The summed E-state index contributed by atoms with van der Waals surface area (Å²) in [5.41, 5.74) is -0.638. The molecule has 1 amide bonds. The fraction of sp³-hybridized carbons (Fsp3) is 0.467. The van der Waals surface area contributed by atoms with E-state index in [9.17, 15) is 33.4 Å². The number of pyridine rings is 1. The summed E-state index contributed by atoms with van der Waals surface area (Å²) < 4.78 is 47.9. The van der Waals surface area contributed by atoms with Gasteiger partial charge in [-0.05, 0) is 49.9 Å². The lowest BCUT2D eigenvalue weighted by atomic mass is 9.76. The van der Waals surface area contributed by atoms with Gasteiger partial charge in [0.15, 0.2) is 0 Å². The Morgan fingerprint density at radius 1 is 1.14 bits per heavy atom. The van der Waals surface area contributed by atoms with Crippen LogP contribution in [0.1, 0.15) is 55.8 Å². The highest BCUT2D eigenvalue weighted by molar-refractivity contribution is 8.00. The van der Waals surface area contributed by atoms with Crippen molar-refractivity contribution >= 4 is 23.4 Å². The maximum atomic E-state index is 13.9. The average molecular weight is 614 g/mol. The summed E-state index contributed by atoms with van der Waals surface area (Å²) in [7, 11) is 0. The van der Waals surface area contributed by atoms with Crippen LogP contribution >= 0.6 is 11.8 Å². The van der Waals surface area contributed by atoms with E-state index in [0.717, 1.165) is 36.4 Å². The Hall–Kier alpha value is -3.60. The minimum Gasteiger partial charge on any atom is -0.439 e. The monoisotopic (exact) mass is 613 g/mol. The average Bonchev–Trinajstić information content (AvgIpc) is 3.62. The second-order valence-electron chi connectivity index (χ2n) is 11.4. The van der Waals surface area contributed by atoms with Gasteiger partial charge in [-0.3, -0.25) is 9.78 Å². The Morgan fingerprint density at radius 3 is 2.56 bits per heavy atom. The molecule has 0 spiro atoms. The zero-order valence-electron chi connectivity index (χ0n) is 23.1. The third kappa shape index (κ3) is 6.09. The normalized spacial score (nSPS) is 22.9. The number of carbonyl (C=O) groups excluding carboxylic acids is 1. The highest BCUT2D eigenvalue weighted by atomic mass is 32.2. The van der Waals surface area contributed by atoms with E-state index in [1.165, 1.54) is 12.3 Å². The smallest absolute Gasteiger partial charge is 0.418 e. The number of amides is 1. The lowest BCUT2D eigenvalue weighted by Crippen LogP contribution is -2.46. The van der Waals surface area contributed by atoms with Crippen molar-refractivity contribution in [2.45, 2.75) is 61.3 Å². The van der Waals surface area contributed by atoms with E-state index >= 15 is 0 Å². The predicted octanol–water partition coefficient (Wildman–Crippen LogP) is 5.06. The number of benzene rings is 1. The summed E-state index contributed by atoms with van der Waals surface area (Å²) in [5, 5.41) is 30.7. The third-order valence-electron chi connectivity index (χ3n) is 8.33. The van der Waals surface area contributed by atoms with Crippen LogP contribution in [-0.4, -0.2) is 55.6 Å². The standard InChI is InChI=1S/C30H30F3N5O4S/c31-30(32,33)22-6-3-13-35-24(22)27-36-23(18-7-9-19(10-8-18)38-14-15-43-29(40,41)17-38)25(42-27)20-4-1-2-5-21(20)26(39)37-28(16-34)11-12-28/h3,6-10,13,20-21,40-41H,1-2,4-5,11-12,14-15,17H2,(H,37,39). The summed E-state index contributed by atoms with van der Waals surface area (Å²) in [4.78, 5) is 23.8. The molecule has 1 aromatic carbocycles. The van der Waals surface area contributed by atoms with Gasteiger partial charge in [0.1, 0.15) is 22.7 Å². The van der Waals surface area contributed by atoms with Gasteiger partial charge >= 0.3 is 6.18 Å². The van der Waals surface area contributed by atoms with E-state index in [0.29, 0.717) is 55.0 Å². The fourth-order valence-electron chi connectivity index (χ4n) is 5.92. The number of hydrogen-bond acceptors (Lipinski definition) is 9. The van der Waals surface area contributed by atoms with Crippen molar-refractivity contribution < 1.29 is 32.6 Å². The quantitative estimate of drug-likeness (QED) is 0.326. The number of rotatable bonds is 6. The van der Waals surface area contributed by atoms with Crippen molar-refractivity contribution in [3.63, 3.8) is 0 Å². The van der Waals surface area contributed by atoms with Crippen LogP contribution in [0.15, 0.2) is 47.0 Å². The highest BCUT2D eigenvalue weighted by Crippen LogP contribution is 2.46. The zero-order chi connectivity index (χ0) is 30.4. The number of anilines is 1. The summed E-state index contributed by atoms with van der Waals surface area (Å²) in [6.07, 6.45) is 0.414. The highest BCUT2D eigenvalue weighted by Gasteiger charge is 2.47. The second kappa shape index (κ2) is 11.2. The van der Waals surface area contributed by atoms with Crippen molar-refractivity contribution in [2.75, 3.05) is 23.7 Å². The first-order valence-electron chi connectivity index (χ1n) is 14.2. The topological polar surface area (TPSA) is 136 Å². The number of alkyl halides is 3. The molecule has 3 heterocycles. The van der Waals surface area contributed by atoms with Crippen LogP contribution in [0.2, 0.25) is 0 Å². The molecular formula is C30H30F3N5O4S. The number of nitrogens with one attached hydrogen (secondary N) is 1. The SMILES string of the molecule is N#CC1(NC(=O)C2CCCCC2c2oc(-c3ncccc3C(F)(F)F)nc2-c2ccc(N3CCSC(O)(O)C3)cc2)CC1. The first-order valence-corrected chi connectivity index (χ1v) is 15.2. The molecule has 0 bridgehead atoms. The maximum absolute atomic E-state index is 13.9. The van der Waals surface area contributed by atoms with Gasteiger partial charge < -0.3 is 24.8 Å². The van der Waals surface area contributed by atoms with Crippen LogP contribution in [0.4, 0.5) is 18.9 Å². The maximum Gasteiger partial charge on any atom is 0.418 e. The van der Waals surface area contributed by atoms with Gasteiger partial charge in [-0.15, -0.1) is 0 Å². The largest absolute Gasteiger partial charge is 0.439 e. The predicted molar refractivity (Wildman–Crippen MR) is 152 cm³/mol. The van der Waals surface area contributed by atoms with Crippen LogP contribution < -0.4 is 10.2 Å². The van der Waals surface area contributed by atoms with E-state index in [-0.39, 0.29) is 18.3 Å². The molecule has 3 aliphatic rings. The van der Waals surface area contributed by atoms with Crippen LogP contribution in [-0.2, 0) is 11.0 Å². The molecule has 1 saturated heterocycles. The number of hydrogen-bond donors (Lipinski definition) is 3. The van der Waals surface area contributed by atoms with Crippen molar-refractivity contribution in [1.29, 1.82) is 5.26 Å². The molecule has 3 aromatic rings. The lowest BCUT2D eigenvalue weighted by molar-refractivity contribution is -0.137. The second-order valence-corrected chi connectivity index (χ2v) is 12.7. The first kappa shape index (κ1) is 29.5. The number of β-amino-alcohol motifs (C(OH)–C–C–N with tert-alkyl or cyclic N) is 2. The van der Waals surface area contributed by atoms with Crippen molar-refractivity contribution in [2.24, 2.45) is 5.92 Å². The van der Waals surface area contributed by atoms with Gasteiger partial charge in [0.25, 0.3) is 0 Å². The Kier molecular flexibility index (Phi) is 7.64. The molecule has 13 heteroatoms. The molecule has 2 unspecified atom stereocenters. The number of halogens is 3. The van der Waals surface area contributed by atoms with Gasteiger partial charge in [-0.1, -0.05) is 36.7 Å². The number of aromatic nitrogens is 2. The summed E-state index contributed by atoms with van der Waals surface area (Å²) in [6, 6.07) is 11.4. The van der Waals surface area contributed by atoms with Gasteiger partial charge in [-0.25, -0.2) is 4.98 Å². The summed E-state index contributed by atoms with van der Waals surface area (Å²) in [5.74, 6) is -0.743. The van der Waals surface area contributed by atoms with Crippen LogP contribution in [0.3, 0.4) is 0 Å². The number of aliphatic hydroxyl groups is 2. The van der Waals surface area contributed by atoms with E-state index in [1.54, 1.807) is 24.3 Å². The summed E-state index contributed by atoms with van der Waals surface area (Å²) in [6.45, 7) is 0.620. The lowest BCUT2D eigenvalue weighted by Gasteiger charge is -2.36. The number of oxazole rings is 1. The summed E-state index contributed by atoms with van der Waals surface area (Å²) >= 11 is 1.06. The zero-order valence-corrected chi connectivity index (χ0v) is 23.9. The van der Waals surface area contributed by atoms with Gasteiger partial charge in [-0.2, -0.15) is 18.4 Å². The Morgan fingerprint density at radius 2 is 1.88 bits per heavy atom. The molecule has 0 radical (unpaired) electrons. The molecule has 2 aliphatic carbocycles. The number of carbonyl (C=O) groups is 1.